The zero-order valence-corrected chi connectivity index (χ0v) is 11.0. The van der Waals surface area contributed by atoms with Crippen LogP contribution in [-0.4, -0.2) is 28.5 Å². The molecule has 0 aliphatic carbocycles. The number of nitrogens with zero attached hydrogens (tertiary/aromatic N) is 1. The SMILES string of the molecule is Cc1nc2ccc(NC(=O)[C@@H]3CCCCN3)cc2[nH]1. The van der Waals surface area contributed by atoms with Gasteiger partial charge in [-0.2, -0.15) is 0 Å². The molecule has 100 valence electrons. The van der Waals surface area contributed by atoms with Crippen molar-refractivity contribution in [1.29, 1.82) is 0 Å². The number of imidazole rings is 1. The molecule has 5 nitrogen and oxygen atoms in total. The van der Waals surface area contributed by atoms with Gasteiger partial charge in [0.1, 0.15) is 5.82 Å². The number of benzene rings is 1. The third-order valence-corrected chi connectivity index (χ3v) is 3.49. The fraction of sp³-hybridized carbons (Fsp3) is 0.429. The van der Waals surface area contributed by atoms with Crippen LogP contribution in [0.3, 0.4) is 0 Å². The van der Waals surface area contributed by atoms with E-state index in [0.717, 1.165) is 48.4 Å². The summed E-state index contributed by atoms with van der Waals surface area (Å²) in [6.07, 6.45) is 3.18. The van der Waals surface area contributed by atoms with E-state index < -0.39 is 0 Å². The van der Waals surface area contributed by atoms with Gasteiger partial charge in [-0.25, -0.2) is 4.98 Å². The third kappa shape index (κ3) is 2.61. The minimum absolute atomic E-state index is 0.0512. The summed E-state index contributed by atoms with van der Waals surface area (Å²) >= 11 is 0. The number of H-pyrrole nitrogens is 1. The van der Waals surface area contributed by atoms with Crippen LogP contribution in [0.2, 0.25) is 0 Å². The van der Waals surface area contributed by atoms with Crippen molar-refractivity contribution >= 4 is 22.6 Å². The van der Waals surface area contributed by atoms with Gasteiger partial charge in [-0.05, 0) is 44.5 Å². The Bertz CT molecular complexity index is 599. The van der Waals surface area contributed by atoms with Crippen LogP contribution in [0, 0.1) is 6.92 Å². The average molecular weight is 258 g/mol. The molecular formula is C14H18N4O. The lowest BCUT2D eigenvalue weighted by Crippen LogP contribution is -2.43. The summed E-state index contributed by atoms with van der Waals surface area (Å²) in [7, 11) is 0. The number of rotatable bonds is 2. The molecule has 1 amide bonds. The predicted octanol–water partition coefficient (Wildman–Crippen LogP) is 1.95. The van der Waals surface area contributed by atoms with Crippen LogP contribution in [0.15, 0.2) is 18.2 Å². The number of carbonyl (C=O) groups is 1. The number of hydrogen-bond donors (Lipinski definition) is 3. The van der Waals surface area contributed by atoms with Crippen molar-refractivity contribution in [3.05, 3.63) is 24.0 Å². The van der Waals surface area contributed by atoms with E-state index in [0.29, 0.717) is 0 Å². The molecule has 0 bridgehead atoms. The Kier molecular flexibility index (Phi) is 3.21. The second-order valence-corrected chi connectivity index (χ2v) is 5.05. The molecule has 0 unspecified atom stereocenters. The highest BCUT2D eigenvalue weighted by molar-refractivity contribution is 5.96. The van der Waals surface area contributed by atoms with Crippen molar-refractivity contribution in [2.45, 2.75) is 32.2 Å². The number of amides is 1. The van der Waals surface area contributed by atoms with E-state index >= 15 is 0 Å². The van der Waals surface area contributed by atoms with Crippen LogP contribution in [-0.2, 0) is 4.79 Å². The fourth-order valence-corrected chi connectivity index (χ4v) is 2.52. The van der Waals surface area contributed by atoms with Gasteiger partial charge in [0.2, 0.25) is 5.91 Å². The van der Waals surface area contributed by atoms with E-state index in [-0.39, 0.29) is 11.9 Å². The second-order valence-electron chi connectivity index (χ2n) is 5.05. The van der Waals surface area contributed by atoms with Crippen LogP contribution in [0.1, 0.15) is 25.1 Å². The first-order valence-electron chi connectivity index (χ1n) is 6.73. The number of aryl methyl sites for hydroxylation is 1. The lowest BCUT2D eigenvalue weighted by molar-refractivity contribution is -0.118. The predicted molar refractivity (Wildman–Crippen MR) is 75.1 cm³/mol. The van der Waals surface area contributed by atoms with Crippen molar-refractivity contribution in [1.82, 2.24) is 15.3 Å². The smallest absolute Gasteiger partial charge is 0.241 e. The van der Waals surface area contributed by atoms with Gasteiger partial charge in [-0.3, -0.25) is 4.79 Å². The third-order valence-electron chi connectivity index (χ3n) is 3.49. The van der Waals surface area contributed by atoms with Crippen LogP contribution in [0.5, 0.6) is 0 Å². The van der Waals surface area contributed by atoms with Crippen molar-refractivity contribution in [3.8, 4) is 0 Å². The molecule has 1 saturated heterocycles. The maximum absolute atomic E-state index is 12.1. The Morgan fingerprint density at radius 1 is 1.42 bits per heavy atom. The first kappa shape index (κ1) is 12.2. The molecule has 1 aromatic carbocycles. The maximum Gasteiger partial charge on any atom is 0.241 e. The molecule has 19 heavy (non-hydrogen) atoms. The Labute approximate surface area is 111 Å². The largest absolute Gasteiger partial charge is 0.342 e. The minimum Gasteiger partial charge on any atom is -0.342 e. The van der Waals surface area contributed by atoms with Gasteiger partial charge in [0, 0.05) is 5.69 Å². The summed E-state index contributed by atoms with van der Waals surface area (Å²) in [6.45, 7) is 2.85. The lowest BCUT2D eigenvalue weighted by atomic mass is 10.0. The molecule has 0 spiro atoms. The van der Waals surface area contributed by atoms with E-state index in [1.807, 2.05) is 25.1 Å². The highest BCUT2D eigenvalue weighted by Gasteiger charge is 2.20. The average Bonchev–Trinajstić information content (AvgIpc) is 2.79. The maximum atomic E-state index is 12.1. The zero-order valence-electron chi connectivity index (χ0n) is 11.0. The minimum atomic E-state index is -0.0621. The van der Waals surface area contributed by atoms with Crippen LogP contribution >= 0.6 is 0 Å². The van der Waals surface area contributed by atoms with Gasteiger partial charge in [-0.1, -0.05) is 6.42 Å². The Balaban J connectivity index is 1.74. The fourth-order valence-electron chi connectivity index (χ4n) is 2.52. The first-order valence-corrected chi connectivity index (χ1v) is 6.73. The normalized spacial score (nSPS) is 19.5. The first-order chi connectivity index (χ1) is 9.22. The Morgan fingerprint density at radius 3 is 3.11 bits per heavy atom. The second kappa shape index (κ2) is 5.01. The van der Waals surface area contributed by atoms with Crippen LogP contribution < -0.4 is 10.6 Å². The number of hydrogen-bond acceptors (Lipinski definition) is 3. The molecule has 5 heteroatoms. The highest BCUT2D eigenvalue weighted by atomic mass is 16.2. The molecule has 2 aromatic rings. The van der Waals surface area contributed by atoms with E-state index in [4.69, 9.17) is 0 Å². The summed E-state index contributed by atoms with van der Waals surface area (Å²) < 4.78 is 0. The molecule has 1 aromatic heterocycles. The number of anilines is 1. The van der Waals surface area contributed by atoms with Gasteiger partial charge in [-0.15, -0.1) is 0 Å². The van der Waals surface area contributed by atoms with E-state index in [9.17, 15) is 4.79 Å². The number of nitrogens with one attached hydrogen (secondary N) is 3. The Morgan fingerprint density at radius 2 is 2.32 bits per heavy atom. The monoisotopic (exact) mass is 258 g/mol. The topological polar surface area (TPSA) is 69.8 Å². The number of aromatic nitrogens is 2. The number of fused-ring (bicyclic) bond motifs is 1. The van der Waals surface area contributed by atoms with E-state index in [1.54, 1.807) is 0 Å². The van der Waals surface area contributed by atoms with Crippen molar-refractivity contribution < 1.29 is 4.79 Å². The summed E-state index contributed by atoms with van der Waals surface area (Å²) in [6, 6.07) is 5.68. The molecule has 3 N–H and O–H groups in total. The summed E-state index contributed by atoms with van der Waals surface area (Å²) in [5, 5.41) is 6.21. The van der Waals surface area contributed by atoms with Crippen molar-refractivity contribution in [2.75, 3.05) is 11.9 Å². The molecule has 1 atom stereocenters. The molecular weight excluding hydrogens is 240 g/mol. The van der Waals surface area contributed by atoms with Crippen molar-refractivity contribution in [3.63, 3.8) is 0 Å². The zero-order chi connectivity index (χ0) is 13.2. The molecule has 1 aliphatic rings. The standard InChI is InChI=1S/C14H18N4O/c1-9-16-11-6-5-10(8-13(11)17-9)18-14(19)12-4-2-3-7-15-12/h5-6,8,12,15H,2-4,7H2,1H3,(H,16,17)(H,18,19)/t12-/m0/s1. The number of piperidine rings is 1. The summed E-state index contributed by atoms with van der Waals surface area (Å²) in [4.78, 5) is 19.6. The molecule has 0 saturated carbocycles. The quantitative estimate of drug-likeness (QED) is 0.771. The van der Waals surface area contributed by atoms with Gasteiger partial charge in [0.25, 0.3) is 0 Å². The highest BCUT2D eigenvalue weighted by Crippen LogP contribution is 2.18. The lowest BCUT2D eigenvalue weighted by Gasteiger charge is -2.22. The number of carbonyl (C=O) groups excluding carboxylic acids is 1. The van der Waals surface area contributed by atoms with Gasteiger partial charge in [0.05, 0.1) is 17.1 Å². The van der Waals surface area contributed by atoms with Crippen LogP contribution in [0.4, 0.5) is 5.69 Å². The molecule has 2 heterocycles. The van der Waals surface area contributed by atoms with E-state index in [1.165, 1.54) is 0 Å². The van der Waals surface area contributed by atoms with Crippen LogP contribution in [0.25, 0.3) is 11.0 Å². The molecule has 1 aliphatic heterocycles. The van der Waals surface area contributed by atoms with E-state index in [2.05, 4.69) is 20.6 Å². The molecule has 3 rings (SSSR count). The van der Waals surface area contributed by atoms with Gasteiger partial charge >= 0.3 is 0 Å². The molecule has 0 radical (unpaired) electrons. The number of aromatic amines is 1. The van der Waals surface area contributed by atoms with Gasteiger partial charge in [0.15, 0.2) is 0 Å². The van der Waals surface area contributed by atoms with Gasteiger partial charge < -0.3 is 15.6 Å². The Hall–Kier alpha value is -1.88. The van der Waals surface area contributed by atoms with Crippen molar-refractivity contribution in [2.24, 2.45) is 0 Å². The molecule has 1 fully saturated rings. The summed E-state index contributed by atoms with van der Waals surface area (Å²) in [5.74, 6) is 0.933. The summed E-state index contributed by atoms with van der Waals surface area (Å²) in [5.41, 5.74) is 2.69.